The van der Waals surface area contributed by atoms with E-state index in [1.165, 1.54) is 0 Å². The summed E-state index contributed by atoms with van der Waals surface area (Å²) in [7, 11) is 3.21. The smallest absolute Gasteiger partial charge is 0.355 e. The number of fused-ring (bicyclic) bond motifs is 3. The molecular formula is C21H22N2O5. The van der Waals surface area contributed by atoms with Gasteiger partial charge in [-0.25, -0.2) is 4.79 Å². The van der Waals surface area contributed by atoms with Gasteiger partial charge in [-0.15, -0.1) is 0 Å². The molecule has 7 nitrogen and oxygen atoms in total. The van der Waals surface area contributed by atoms with E-state index in [1.807, 2.05) is 29.0 Å². The monoisotopic (exact) mass is 382 g/mol. The number of benzene rings is 1. The first kappa shape index (κ1) is 18.2. The lowest BCUT2D eigenvalue weighted by molar-refractivity contribution is 0.0513. The topological polar surface area (TPSA) is 75.7 Å². The molecule has 2 aromatic heterocycles. The number of methoxy groups -OCH3 is 2. The zero-order chi connectivity index (χ0) is 19.7. The average Bonchev–Trinajstić information content (AvgIpc) is 3.31. The minimum Gasteiger partial charge on any atom is -0.493 e. The number of carbonyl (C=O) groups excluding carboxylic acids is 1. The second kappa shape index (κ2) is 7.42. The van der Waals surface area contributed by atoms with Crippen LogP contribution >= 0.6 is 0 Å². The number of aryl methyl sites for hydroxylation is 1. The van der Waals surface area contributed by atoms with E-state index in [1.54, 1.807) is 27.3 Å². The SMILES string of the molecule is CCOC(=O)c1c2c(cn1Cc1ccc(OC)c(OC)c1)-c1oncc1CC2. The van der Waals surface area contributed by atoms with Gasteiger partial charge < -0.3 is 23.3 Å². The lowest BCUT2D eigenvalue weighted by atomic mass is 9.93. The minimum absolute atomic E-state index is 0.322. The molecule has 4 rings (SSSR count). The van der Waals surface area contributed by atoms with Gasteiger partial charge in [0.25, 0.3) is 0 Å². The van der Waals surface area contributed by atoms with Crippen LogP contribution in [0.25, 0.3) is 11.3 Å². The molecule has 0 aliphatic heterocycles. The van der Waals surface area contributed by atoms with E-state index >= 15 is 0 Å². The van der Waals surface area contributed by atoms with Crippen molar-refractivity contribution in [3.63, 3.8) is 0 Å². The van der Waals surface area contributed by atoms with E-state index in [0.717, 1.165) is 40.9 Å². The highest BCUT2D eigenvalue weighted by atomic mass is 16.5. The Morgan fingerprint density at radius 1 is 1.21 bits per heavy atom. The van der Waals surface area contributed by atoms with Gasteiger partial charge in [-0.3, -0.25) is 0 Å². The summed E-state index contributed by atoms with van der Waals surface area (Å²) < 4.78 is 23.4. The number of aromatic nitrogens is 2. The van der Waals surface area contributed by atoms with Crippen molar-refractivity contribution < 1.29 is 23.5 Å². The van der Waals surface area contributed by atoms with Crippen molar-refractivity contribution in [2.45, 2.75) is 26.3 Å². The number of hydrogen-bond donors (Lipinski definition) is 0. The van der Waals surface area contributed by atoms with Gasteiger partial charge in [0.15, 0.2) is 17.3 Å². The maximum atomic E-state index is 12.7. The molecule has 3 aromatic rings. The van der Waals surface area contributed by atoms with Gasteiger partial charge >= 0.3 is 5.97 Å². The van der Waals surface area contributed by atoms with Crippen molar-refractivity contribution in [1.82, 2.24) is 9.72 Å². The number of carbonyl (C=O) groups is 1. The van der Waals surface area contributed by atoms with Crippen molar-refractivity contribution in [2.24, 2.45) is 0 Å². The van der Waals surface area contributed by atoms with Crippen LogP contribution in [-0.2, 0) is 24.1 Å². The Bertz CT molecular complexity index is 1020. The fraction of sp³-hybridized carbons (Fsp3) is 0.333. The zero-order valence-electron chi connectivity index (χ0n) is 16.2. The van der Waals surface area contributed by atoms with Crippen LogP contribution in [0.4, 0.5) is 0 Å². The average molecular weight is 382 g/mol. The summed E-state index contributed by atoms with van der Waals surface area (Å²) in [4.78, 5) is 12.7. The predicted molar refractivity (Wildman–Crippen MR) is 102 cm³/mol. The molecule has 0 spiro atoms. The molecule has 2 heterocycles. The summed E-state index contributed by atoms with van der Waals surface area (Å²) in [5, 5.41) is 3.92. The van der Waals surface area contributed by atoms with E-state index in [-0.39, 0.29) is 5.97 Å². The Balaban J connectivity index is 1.78. The normalized spacial score (nSPS) is 12.2. The molecule has 7 heteroatoms. The number of ether oxygens (including phenoxy) is 3. The first-order valence-corrected chi connectivity index (χ1v) is 9.20. The van der Waals surface area contributed by atoms with E-state index in [2.05, 4.69) is 5.16 Å². The van der Waals surface area contributed by atoms with Gasteiger partial charge in [-0.1, -0.05) is 11.2 Å². The summed E-state index contributed by atoms with van der Waals surface area (Å²) in [5.41, 5.74) is 4.46. The van der Waals surface area contributed by atoms with Crippen LogP contribution in [0.5, 0.6) is 11.5 Å². The summed E-state index contributed by atoms with van der Waals surface area (Å²) in [6.07, 6.45) is 5.23. The van der Waals surface area contributed by atoms with E-state index in [9.17, 15) is 4.79 Å². The van der Waals surface area contributed by atoms with E-state index in [0.29, 0.717) is 30.3 Å². The quantitative estimate of drug-likeness (QED) is 0.608. The van der Waals surface area contributed by atoms with Crippen molar-refractivity contribution >= 4 is 5.97 Å². The second-order valence-corrected chi connectivity index (χ2v) is 6.59. The van der Waals surface area contributed by atoms with Crippen LogP contribution < -0.4 is 9.47 Å². The van der Waals surface area contributed by atoms with Crippen molar-refractivity contribution in [1.29, 1.82) is 0 Å². The third kappa shape index (κ3) is 3.02. The van der Waals surface area contributed by atoms with Gasteiger partial charge in [0.2, 0.25) is 0 Å². The number of esters is 1. The minimum atomic E-state index is -0.327. The van der Waals surface area contributed by atoms with E-state index in [4.69, 9.17) is 18.7 Å². The standard InChI is InChI=1S/C21H22N2O5/c1-4-27-21(24)19-15-7-6-14-10-22-28-20(14)16(15)12-23(19)11-13-5-8-17(25-2)18(9-13)26-3/h5,8-10,12H,4,6-7,11H2,1-3H3. The molecular weight excluding hydrogens is 360 g/mol. The van der Waals surface area contributed by atoms with Crippen molar-refractivity contribution in [2.75, 3.05) is 20.8 Å². The van der Waals surface area contributed by atoms with Crippen LogP contribution in [0.2, 0.25) is 0 Å². The van der Waals surface area contributed by atoms with Crippen LogP contribution in [0, 0.1) is 0 Å². The molecule has 0 N–H and O–H groups in total. The summed E-state index contributed by atoms with van der Waals surface area (Å²) >= 11 is 0. The molecule has 0 fully saturated rings. The maximum Gasteiger partial charge on any atom is 0.355 e. The highest BCUT2D eigenvalue weighted by molar-refractivity contribution is 5.93. The zero-order valence-corrected chi connectivity index (χ0v) is 16.2. The first-order valence-electron chi connectivity index (χ1n) is 9.20. The third-order valence-electron chi connectivity index (χ3n) is 4.99. The van der Waals surface area contributed by atoms with Crippen LogP contribution in [0.1, 0.15) is 34.1 Å². The van der Waals surface area contributed by atoms with Gasteiger partial charge in [-0.2, -0.15) is 0 Å². The lowest BCUT2D eigenvalue weighted by Crippen LogP contribution is -2.15. The Morgan fingerprint density at radius 2 is 2.04 bits per heavy atom. The Hall–Kier alpha value is -3.22. The Labute approximate surface area is 162 Å². The summed E-state index contributed by atoms with van der Waals surface area (Å²) in [6, 6.07) is 5.72. The molecule has 0 atom stereocenters. The number of hydrogen-bond acceptors (Lipinski definition) is 6. The van der Waals surface area contributed by atoms with Crippen molar-refractivity contribution in [3.8, 4) is 22.8 Å². The van der Waals surface area contributed by atoms with Crippen molar-refractivity contribution in [3.05, 3.63) is 53.0 Å². The molecule has 1 aliphatic rings. The largest absolute Gasteiger partial charge is 0.493 e. The second-order valence-electron chi connectivity index (χ2n) is 6.59. The fourth-order valence-corrected chi connectivity index (χ4v) is 3.71. The predicted octanol–water partition coefficient (Wildman–Crippen LogP) is 3.48. The third-order valence-corrected chi connectivity index (χ3v) is 4.99. The summed E-state index contributed by atoms with van der Waals surface area (Å²) in [5.74, 6) is 1.71. The van der Waals surface area contributed by atoms with Crippen LogP contribution in [0.15, 0.2) is 35.1 Å². The molecule has 1 aromatic carbocycles. The molecule has 28 heavy (non-hydrogen) atoms. The molecule has 0 saturated heterocycles. The lowest BCUT2D eigenvalue weighted by Gasteiger charge is -2.14. The van der Waals surface area contributed by atoms with Gasteiger partial charge in [0.05, 0.1) is 27.0 Å². The molecule has 0 radical (unpaired) electrons. The highest BCUT2D eigenvalue weighted by Gasteiger charge is 2.30. The first-order chi connectivity index (χ1) is 13.7. The summed E-state index contributed by atoms with van der Waals surface area (Å²) in [6.45, 7) is 2.62. The molecule has 146 valence electrons. The number of rotatable bonds is 6. The fourth-order valence-electron chi connectivity index (χ4n) is 3.71. The molecule has 0 amide bonds. The Morgan fingerprint density at radius 3 is 2.79 bits per heavy atom. The molecule has 1 aliphatic carbocycles. The van der Waals surface area contributed by atoms with Crippen LogP contribution in [-0.4, -0.2) is 36.5 Å². The van der Waals surface area contributed by atoms with Crippen LogP contribution in [0.3, 0.4) is 0 Å². The highest BCUT2D eigenvalue weighted by Crippen LogP contribution is 2.37. The number of nitrogens with zero attached hydrogens (tertiary/aromatic N) is 2. The van der Waals surface area contributed by atoms with E-state index < -0.39 is 0 Å². The van der Waals surface area contributed by atoms with Gasteiger partial charge in [-0.05, 0) is 43.0 Å². The maximum absolute atomic E-state index is 12.7. The van der Waals surface area contributed by atoms with Gasteiger partial charge in [0, 0.05) is 23.9 Å². The molecule has 0 saturated carbocycles. The Kier molecular flexibility index (Phi) is 4.81. The molecule has 0 bridgehead atoms. The van der Waals surface area contributed by atoms with Gasteiger partial charge in [0.1, 0.15) is 5.69 Å². The molecule has 0 unspecified atom stereocenters.